The maximum atomic E-state index is 11.9. The second kappa shape index (κ2) is 3.00. The number of hydrogen-bond acceptors (Lipinski definition) is 1. The first-order valence-corrected chi connectivity index (χ1v) is 5.40. The number of carbonyl (C=O) groups is 1. The van der Waals surface area contributed by atoms with Crippen molar-refractivity contribution in [2.75, 3.05) is 13.1 Å². The standard InChI is InChI=1S/C11H19NO/c1-11(2)8-9(11)10(13)12-6-4-3-5-7-12/h9H,3-8H2,1-2H3. The van der Waals surface area contributed by atoms with Crippen LogP contribution in [-0.2, 0) is 4.79 Å². The Morgan fingerprint density at radius 3 is 2.23 bits per heavy atom. The first-order chi connectivity index (χ1) is 6.11. The van der Waals surface area contributed by atoms with Gasteiger partial charge in [0, 0.05) is 19.0 Å². The molecule has 0 bridgehead atoms. The summed E-state index contributed by atoms with van der Waals surface area (Å²) in [5.41, 5.74) is 0.300. The average Bonchev–Trinajstić information content (AvgIpc) is 2.76. The number of amides is 1. The van der Waals surface area contributed by atoms with Crippen LogP contribution in [0.25, 0.3) is 0 Å². The van der Waals surface area contributed by atoms with Crippen molar-refractivity contribution >= 4 is 5.91 Å². The molecule has 1 atom stereocenters. The summed E-state index contributed by atoms with van der Waals surface area (Å²) in [7, 11) is 0. The lowest BCUT2D eigenvalue weighted by Gasteiger charge is -2.27. The SMILES string of the molecule is CC1(C)CC1C(=O)N1CCCCC1. The quantitative estimate of drug-likeness (QED) is 0.606. The predicted octanol–water partition coefficient (Wildman–Crippen LogP) is 2.04. The van der Waals surface area contributed by atoms with Crippen molar-refractivity contribution in [3.05, 3.63) is 0 Å². The monoisotopic (exact) mass is 181 g/mol. The van der Waals surface area contributed by atoms with Crippen LogP contribution in [0.5, 0.6) is 0 Å². The summed E-state index contributed by atoms with van der Waals surface area (Å²) in [6, 6.07) is 0. The van der Waals surface area contributed by atoms with Crippen molar-refractivity contribution in [3.8, 4) is 0 Å². The van der Waals surface area contributed by atoms with Crippen LogP contribution in [0, 0.1) is 11.3 Å². The first kappa shape index (κ1) is 9.04. The summed E-state index contributed by atoms with van der Waals surface area (Å²) >= 11 is 0. The lowest BCUT2D eigenvalue weighted by Crippen LogP contribution is -2.37. The van der Waals surface area contributed by atoms with Crippen LogP contribution in [-0.4, -0.2) is 23.9 Å². The molecule has 1 saturated carbocycles. The highest BCUT2D eigenvalue weighted by Crippen LogP contribution is 2.52. The van der Waals surface area contributed by atoms with Crippen LogP contribution in [0.15, 0.2) is 0 Å². The molecule has 74 valence electrons. The van der Waals surface area contributed by atoms with E-state index in [4.69, 9.17) is 0 Å². The molecular formula is C11H19NO. The summed E-state index contributed by atoms with van der Waals surface area (Å²) in [5, 5.41) is 0. The summed E-state index contributed by atoms with van der Waals surface area (Å²) in [5.74, 6) is 0.760. The van der Waals surface area contributed by atoms with Gasteiger partial charge in [-0.1, -0.05) is 13.8 Å². The van der Waals surface area contributed by atoms with Crippen molar-refractivity contribution < 1.29 is 4.79 Å². The summed E-state index contributed by atoms with van der Waals surface area (Å²) in [4.78, 5) is 14.0. The fourth-order valence-corrected chi connectivity index (χ4v) is 2.22. The normalized spacial score (nSPS) is 31.5. The summed E-state index contributed by atoms with van der Waals surface area (Å²) in [6.45, 7) is 6.40. The number of hydrogen-bond donors (Lipinski definition) is 0. The topological polar surface area (TPSA) is 20.3 Å². The number of rotatable bonds is 1. The highest BCUT2D eigenvalue weighted by molar-refractivity contribution is 5.82. The molecule has 0 aromatic rings. The molecule has 0 spiro atoms. The Morgan fingerprint density at radius 1 is 1.23 bits per heavy atom. The van der Waals surface area contributed by atoms with Crippen LogP contribution < -0.4 is 0 Å². The van der Waals surface area contributed by atoms with E-state index in [2.05, 4.69) is 18.7 Å². The van der Waals surface area contributed by atoms with Gasteiger partial charge in [0.25, 0.3) is 0 Å². The Kier molecular flexibility index (Phi) is 2.09. The van der Waals surface area contributed by atoms with E-state index in [0.717, 1.165) is 19.5 Å². The average molecular weight is 181 g/mol. The van der Waals surface area contributed by atoms with Gasteiger partial charge in [-0.2, -0.15) is 0 Å². The first-order valence-electron chi connectivity index (χ1n) is 5.40. The van der Waals surface area contributed by atoms with E-state index in [1.807, 2.05) is 0 Å². The molecule has 13 heavy (non-hydrogen) atoms. The largest absolute Gasteiger partial charge is 0.342 e. The lowest BCUT2D eigenvalue weighted by molar-refractivity contribution is -0.134. The van der Waals surface area contributed by atoms with Crippen LogP contribution in [0.1, 0.15) is 39.5 Å². The smallest absolute Gasteiger partial charge is 0.226 e. The van der Waals surface area contributed by atoms with Crippen molar-refractivity contribution in [2.24, 2.45) is 11.3 Å². The van der Waals surface area contributed by atoms with Crippen LogP contribution in [0.2, 0.25) is 0 Å². The molecule has 0 aromatic carbocycles. The van der Waals surface area contributed by atoms with Crippen molar-refractivity contribution in [1.82, 2.24) is 4.90 Å². The molecule has 0 aromatic heterocycles. The fraction of sp³-hybridized carbons (Fsp3) is 0.909. The van der Waals surface area contributed by atoms with Gasteiger partial charge in [0.1, 0.15) is 0 Å². The Hall–Kier alpha value is -0.530. The molecule has 1 saturated heterocycles. The van der Waals surface area contributed by atoms with E-state index >= 15 is 0 Å². The van der Waals surface area contributed by atoms with E-state index < -0.39 is 0 Å². The van der Waals surface area contributed by atoms with Crippen LogP contribution in [0.3, 0.4) is 0 Å². The third-order valence-corrected chi connectivity index (χ3v) is 3.48. The van der Waals surface area contributed by atoms with E-state index in [0.29, 0.717) is 17.2 Å². The lowest BCUT2D eigenvalue weighted by atomic mass is 10.1. The molecular weight excluding hydrogens is 162 g/mol. The second-order valence-electron chi connectivity index (χ2n) is 5.13. The molecule has 0 radical (unpaired) electrons. The third-order valence-electron chi connectivity index (χ3n) is 3.48. The van der Waals surface area contributed by atoms with Crippen LogP contribution >= 0.6 is 0 Å². The zero-order chi connectivity index (χ0) is 9.47. The number of carbonyl (C=O) groups excluding carboxylic acids is 1. The molecule has 2 heteroatoms. The molecule has 2 rings (SSSR count). The molecule has 1 aliphatic carbocycles. The van der Waals surface area contributed by atoms with E-state index in [1.165, 1.54) is 19.3 Å². The highest BCUT2D eigenvalue weighted by Gasteiger charge is 2.51. The van der Waals surface area contributed by atoms with Gasteiger partial charge in [0.2, 0.25) is 5.91 Å². The summed E-state index contributed by atoms with van der Waals surface area (Å²) < 4.78 is 0. The van der Waals surface area contributed by atoms with Gasteiger partial charge in [-0.25, -0.2) is 0 Å². The van der Waals surface area contributed by atoms with Crippen molar-refractivity contribution in [3.63, 3.8) is 0 Å². The van der Waals surface area contributed by atoms with Gasteiger partial charge in [-0.05, 0) is 31.1 Å². The van der Waals surface area contributed by atoms with Crippen molar-refractivity contribution in [2.45, 2.75) is 39.5 Å². The number of likely N-dealkylation sites (tertiary alicyclic amines) is 1. The third kappa shape index (κ3) is 1.72. The Morgan fingerprint density at radius 2 is 1.77 bits per heavy atom. The molecule has 2 nitrogen and oxygen atoms in total. The van der Waals surface area contributed by atoms with Gasteiger partial charge >= 0.3 is 0 Å². The number of piperidine rings is 1. The Bertz CT molecular complexity index is 216. The van der Waals surface area contributed by atoms with Gasteiger partial charge in [0.15, 0.2) is 0 Å². The Labute approximate surface area is 80.3 Å². The number of nitrogens with zero attached hydrogens (tertiary/aromatic N) is 1. The van der Waals surface area contributed by atoms with Crippen molar-refractivity contribution in [1.29, 1.82) is 0 Å². The predicted molar refractivity (Wildman–Crippen MR) is 52.3 cm³/mol. The molecule has 1 unspecified atom stereocenters. The zero-order valence-corrected chi connectivity index (χ0v) is 8.68. The molecule has 2 aliphatic rings. The molecule has 1 heterocycles. The fourth-order valence-electron chi connectivity index (χ4n) is 2.22. The Balaban J connectivity index is 1.90. The molecule has 2 fully saturated rings. The molecule has 1 aliphatic heterocycles. The maximum Gasteiger partial charge on any atom is 0.226 e. The van der Waals surface area contributed by atoms with E-state index in [1.54, 1.807) is 0 Å². The van der Waals surface area contributed by atoms with Crippen LogP contribution in [0.4, 0.5) is 0 Å². The summed E-state index contributed by atoms with van der Waals surface area (Å²) in [6.07, 6.45) is 4.82. The minimum atomic E-state index is 0.300. The van der Waals surface area contributed by atoms with Gasteiger partial charge in [-0.15, -0.1) is 0 Å². The second-order valence-corrected chi connectivity index (χ2v) is 5.13. The minimum Gasteiger partial charge on any atom is -0.342 e. The molecule has 1 amide bonds. The van der Waals surface area contributed by atoms with E-state index in [9.17, 15) is 4.79 Å². The van der Waals surface area contributed by atoms with Gasteiger partial charge in [0.05, 0.1) is 0 Å². The van der Waals surface area contributed by atoms with Gasteiger partial charge < -0.3 is 4.90 Å². The minimum absolute atomic E-state index is 0.300. The maximum absolute atomic E-state index is 11.9. The van der Waals surface area contributed by atoms with Gasteiger partial charge in [-0.3, -0.25) is 4.79 Å². The highest BCUT2D eigenvalue weighted by atomic mass is 16.2. The van der Waals surface area contributed by atoms with E-state index in [-0.39, 0.29) is 0 Å². The zero-order valence-electron chi connectivity index (χ0n) is 8.68. The molecule has 0 N–H and O–H groups in total.